The molecule has 0 N–H and O–H groups in total. The van der Waals surface area contributed by atoms with Crippen LogP contribution in [0.3, 0.4) is 0 Å². The number of rotatable bonds is 4. The Bertz CT molecular complexity index is 466. The van der Waals surface area contributed by atoms with Crippen molar-refractivity contribution in [2.75, 3.05) is 0 Å². The fraction of sp³-hybridized carbons (Fsp3) is 0. The maximum absolute atomic E-state index is 6.08. The van der Waals surface area contributed by atoms with E-state index in [0.29, 0.717) is 11.5 Å². The monoisotopic (exact) mass is 322 g/mol. The average Bonchev–Trinajstić information content (AvgIpc) is 2.29. The zero-order valence-electron chi connectivity index (χ0n) is 9.17. The molecule has 0 aliphatic heterocycles. The Kier molecular flexibility index (Phi) is 3.93. The summed E-state index contributed by atoms with van der Waals surface area (Å²) < 4.78 is 10.8. The molecule has 0 heterocycles. The van der Waals surface area contributed by atoms with Gasteiger partial charge in [-0.15, -0.1) is 0 Å². The Morgan fingerprint density at radius 1 is 0.611 bits per heavy atom. The summed E-state index contributed by atoms with van der Waals surface area (Å²) in [7, 11) is 0. The third kappa shape index (κ3) is 4.22. The fourth-order valence-electron chi connectivity index (χ4n) is 1.31. The topological polar surface area (TPSA) is 18.5 Å². The summed E-state index contributed by atoms with van der Waals surface area (Å²) in [5.41, 5.74) is 0. The van der Waals surface area contributed by atoms with E-state index in [1.165, 1.54) is 0 Å². The van der Waals surface area contributed by atoms with Gasteiger partial charge < -0.3 is 0 Å². The molecule has 0 atom stereocenters. The van der Waals surface area contributed by atoms with E-state index >= 15 is 0 Å². The summed E-state index contributed by atoms with van der Waals surface area (Å²) in [5.74, 6) is 0.900. The molecule has 2 aromatic carbocycles. The Balaban J connectivity index is 2.17. The summed E-state index contributed by atoms with van der Waals surface area (Å²) in [4.78, 5) is 0. The van der Waals surface area contributed by atoms with Crippen molar-refractivity contribution >= 4 is 38.8 Å². The van der Waals surface area contributed by atoms with Crippen molar-refractivity contribution in [1.82, 2.24) is 0 Å². The molecule has 2 rings (SSSR count). The van der Waals surface area contributed by atoms with E-state index in [0.717, 1.165) is 0 Å². The zero-order chi connectivity index (χ0) is 13.1. The number of halogens is 3. The van der Waals surface area contributed by atoms with Crippen LogP contribution in [0, 0.1) is 0 Å². The van der Waals surface area contributed by atoms with Gasteiger partial charge in [0.25, 0.3) is 0 Å². The number of hydrogen-bond acceptors (Lipinski definition) is 2. The van der Waals surface area contributed by atoms with E-state index in [2.05, 4.69) is 0 Å². The van der Waals surface area contributed by atoms with Crippen LogP contribution in [0.2, 0.25) is 0 Å². The van der Waals surface area contributed by atoms with Crippen molar-refractivity contribution in [3.63, 3.8) is 0 Å². The summed E-state index contributed by atoms with van der Waals surface area (Å²) in [6.07, 6.45) is 0. The molecular weight excluding hydrogens is 313 g/mol. The molecule has 2 nitrogen and oxygen atoms in total. The Morgan fingerprint density at radius 2 is 0.944 bits per heavy atom. The molecule has 0 unspecified atom stereocenters. The second-order valence-electron chi connectivity index (χ2n) is 3.49. The van der Waals surface area contributed by atoms with Crippen LogP contribution in [-0.2, 0) is 0 Å². The summed E-state index contributed by atoms with van der Waals surface area (Å²) in [5, 5.41) is -4.24. The molecule has 18 heavy (non-hydrogen) atoms. The first-order valence-electron chi connectivity index (χ1n) is 5.10. The third-order valence-corrected chi connectivity index (χ3v) is 4.21. The Labute approximate surface area is 120 Å². The number of benzene rings is 2. The van der Waals surface area contributed by atoms with Crippen LogP contribution in [0.15, 0.2) is 60.7 Å². The first-order valence-corrected chi connectivity index (χ1v) is 9.89. The van der Waals surface area contributed by atoms with Crippen molar-refractivity contribution in [2.24, 2.45) is 0 Å². The van der Waals surface area contributed by atoms with Crippen LogP contribution >= 0.6 is 38.8 Å². The second kappa shape index (κ2) is 5.14. The van der Waals surface area contributed by atoms with Gasteiger partial charge in [0, 0.05) is 0 Å². The van der Waals surface area contributed by atoms with E-state index in [-0.39, 0.29) is 0 Å². The standard InChI is InChI=1S/C12H10Cl3O2P/c13-18(14,15,16-11-7-3-1-4-8-11)17-12-9-5-2-6-10-12/h1-10H. The van der Waals surface area contributed by atoms with Gasteiger partial charge in [0.2, 0.25) is 0 Å². The van der Waals surface area contributed by atoms with Gasteiger partial charge in [-0.05, 0) is 0 Å². The van der Waals surface area contributed by atoms with Gasteiger partial charge in [-0.25, -0.2) is 0 Å². The first-order chi connectivity index (χ1) is 8.42. The molecule has 0 saturated heterocycles. The van der Waals surface area contributed by atoms with E-state index in [1.54, 1.807) is 48.5 Å². The van der Waals surface area contributed by atoms with Crippen LogP contribution in [-0.4, -0.2) is 0 Å². The minimum absolute atomic E-state index is 0.450. The SMILES string of the molecule is ClP(Cl)(Cl)(Oc1ccccc1)Oc1ccccc1. The normalized spacial score (nSPS) is 13.4. The quantitative estimate of drug-likeness (QED) is 0.643. The van der Waals surface area contributed by atoms with Gasteiger partial charge in [-0.3, -0.25) is 0 Å². The Hall–Kier alpha value is -0.660. The van der Waals surface area contributed by atoms with E-state index in [4.69, 9.17) is 42.8 Å². The van der Waals surface area contributed by atoms with Gasteiger partial charge in [-0.2, -0.15) is 0 Å². The molecular formula is C12H10Cl3O2P. The average molecular weight is 324 g/mol. The van der Waals surface area contributed by atoms with Gasteiger partial charge in [0.05, 0.1) is 0 Å². The molecule has 0 fully saturated rings. The van der Waals surface area contributed by atoms with Gasteiger partial charge in [-0.1, -0.05) is 0 Å². The van der Waals surface area contributed by atoms with Gasteiger partial charge in [0.1, 0.15) is 0 Å². The minimum atomic E-state index is -4.24. The molecule has 0 aliphatic rings. The van der Waals surface area contributed by atoms with Gasteiger partial charge in [0.15, 0.2) is 0 Å². The number of para-hydroxylation sites is 2. The fourth-order valence-corrected chi connectivity index (χ4v) is 3.67. The summed E-state index contributed by atoms with van der Waals surface area (Å²) in [6.45, 7) is 0. The molecule has 0 amide bonds. The summed E-state index contributed by atoms with van der Waals surface area (Å²) in [6, 6.07) is 17.6. The van der Waals surface area contributed by atoms with Crippen molar-refractivity contribution < 1.29 is 9.05 Å². The second-order valence-corrected chi connectivity index (χ2v) is 12.3. The molecule has 2 aromatic rings. The molecule has 0 saturated carbocycles. The van der Waals surface area contributed by atoms with Crippen LogP contribution in [0.5, 0.6) is 11.5 Å². The zero-order valence-corrected chi connectivity index (χ0v) is 12.3. The molecule has 0 aromatic heterocycles. The predicted molar refractivity (Wildman–Crippen MR) is 78.6 cm³/mol. The van der Waals surface area contributed by atoms with Crippen molar-refractivity contribution in [3.8, 4) is 11.5 Å². The van der Waals surface area contributed by atoms with Crippen molar-refractivity contribution in [1.29, 1.82) is 0 Å². The number of hydrogen-bond donors (Lipinski definition) is 0. The van der Waals surface area contributed by atoms with E-state index in [9.17, 15) is 0 Å². The van der Waals surface area contributed by atoms with E-state index in [1.807, 2.05) is 12.1 Å². The molecule has 96 valence electrons. The first kappa shape index (κ1) is 13.8. The maximum atomic E-state index is 6.08. The molecule has 6 heteroatoms. The molecule has 0 radical (unpaired) electrons. The van der Waals surface area contributed by atoms with Gasteiger partial charge >= 0.3 is 120 Å². The van der Waals surface area contributed by atoms with Crippen LogP contribution in [0.25, 0.3) is 0 Å². The van der Waals surface area contributed by atoms with Crippen LogP contribution in [0.1, 0.15) is 0 Å². The molecule has 0 bridgehead atoms. The molecule has 0 spiro atoms. The van der Waals surface area contributed by atoms with Crippen molar-refractivity contribution in [3.05, 3.63) is 60.7 Å². The molecule has 0 aliphatic carbocycles. The summed E-state index contributed by atoms with van der Waals surface area (Å²) >= 11 is 18.2. The van der Waals surface area contributed by atoms with Crippen LogP contribution < -0.4 is 9.05 Å². The third-order valence-electron chi connectivity index (χ3n) is 1.98. The van der Waals surface area contributed by atoms with Crippen LogP contribution in [0.4, 0.5) is 0 Å². The van der Waals surface area contributed by atoms with Crippen molar-refractivity contribution in [2.45, 2.75) is 0 Å². The Morgan fingerprint density at radius 3 is 1.28 bits per heavy atom. The predicted octanol–water partition coefficient (Wildman–Crippen LogP) is 5.99. The van der Waals surface area contributed by atoms with E-state index < -0.39 is 5.12 Å².